The van der Waals surface area contributed by atoms with Gasteiger partial charge < -0.3 is 26.4 Å². The summed E-state index contributed by atoms with van der Waals surface area (Å²) in [5.74, 6) is -1.16. The van der Waals surface area contributed by atoms with Crippen LogP contribution >= 0.6 is 23.2 Å². The van der Waals surface area contributed by atoms with Crippen LogP contribution in [0.5, 0.6) is 0 Å². The zero-order chi connectivity index (χ0) is 30.6. The minimum absolute atomic E-state index is 0.0457. The number of anilines is 2. The lowest BCUT2D eigenvalue weighted by Gasteiger charge is -2.46. The fraction of sp³-hybridized carbons (Fsp3) is 0.433. The molecule has 3 unspecified atom stereocenters. The van der Waals surface area contributed by atoms with Crippen LogP contribution in [0.2, 0.25) is 10.0 Å². The Morgan fingerprint density at radius 2 is 1.88 bits per heavy atom. The van der Waals surface area contributed by atoms with Gasteiger partial charge in [-0.05, 0) is 57.1 Å². The van der Waals surface area contributed by atoms with Gasteiger partial charge in [0.1, 0.15) is 12.4 Å². The molecule has 2 heterocycles. The summed E-state index contributed by atoms with van der Waals surface area (Å²) in [4.78, 5) is 24.7. The molecule has 3 aromatic rings. The Kier molecular flexibility index (Phi) is 10.3. The maximum absolute atomic E-state index is 15.6. The summed E-state index contributed by atoms with van der Waals surface area (Å²) >= 11 is 12.9. The van der Waals surface area contributed by atoms with E-state index in [0.29, 0.717) is 23.0 Å². The first-order valence-electron chi connectivity index (χ1n) is 13.9. The number of nitrogens with two attached hydrogens (primary N) is 1. The Balaban J connectivity index is 1.45. The number of nitrogens with zero attached hydrogens (tertiary/aromatic N) is 4. The molecule has 0 bridgehead atoms. The summed E-state index contributed by atoms with van der Waals surface area (Å²) in [6, 6.07) is 13.7. The molecule has 0 radical (unpaired) electrons. The molecule has 1 aromatic heterocycles. The van der Waals surface area contributed by atoms with Crippen molar-refractivity contribution in [2.24, 2.45) is 11.7 Å². The Morgan fingerprint density at radius 3 is 2.50 bits per heavy atom. The van der Waals surface area contributed by atoms with Gasteiger partial charge in [0.2, 0.25) is 11.7 Å². The van der Waals surface area contributed by atoms with Gasteiger partial charge in [0.25, 0.3) is 0 Å². The van der Waals surface area contributed by atoms with Crippen molar-refractivity contribution in [2.45, 2.75) is 44.0 Å². The van der Waals surface area contributed by atoms with Gasteiger partial charge in [-0.3, -0.25) is 9.69 Å². The molecule has 9 nitrogen and oxygen atoms in total. The summed E-state index contributed by atoms with van der Waals surface area (Å²) in [6.45, 7) is 4.78. The monoisotopic (exact) mass is 617 g/mol. The number of likely N-dealkylation sites (tertiary alicyclic amines) is 1. The number of carbonyl (C=O) groups is 1. The van der Waals surface area contributed by atoms with Gasteiger partial charge in [-0.25, -0.2) is 9.97 Å². The molecule has 1 aliphatic heterocycles. The van der Waals surface area contributed by atoms with Crippen molar-refractivity contribution >= 4 is 40.7 Å². The lowest BCUT2D eigenvalue weighted by atomic mass is 9.81. The highest BCUT2D eigenvalue weighted by atomic mass is 35.5. The van der Waals surface area contributed by atoms with E-state index in [9.17, 15) is 9.90 Å². The molecule has 1 saturated heterocycles. The number of aliphatic hydroxyl groups excluding tert-OH is 1. The average Bonchev–Trinajstić information content (AvgIpc) is 2.97. The first-order chi connectivity index (χ1) is 20.0. The molecule has 1 aliphatic rings. The standard InChI is InChI=1S/C30H38Cl2FN7O2/c1-18(20-9-5-7-11-22(20)31)39(4)29-25(33)28(37-17-38-29)36-15-19-13-14-40(16-24(19)41)26(27(34)42)30(2,35-3)21-10-6-8-12-23(21)32/h5-12,17-19,24,26,35,41H,13-16H2,1-4H3,(H2,34,42)(H,36,37,38)/t18?,19-,24+,26?,30?/m1/s1. The van der Waals surface area contributed by atoms with Crippen LogP contribution in [0.4, 0.5) is 16.0 Å². The lowest BCUT2D eigenvalue weighted by Crippen LogP contribution is -2.64. The number of halogens is 3. The zero-order valence-electron chi connectivity index (χ0n) is 24.2. The number of amides is 1. The van der Waals surface area contributed by atoms with Gasteiger partial charge in [-0.2, -0.15) is 4.39 Å². The van der Waals surface area contributed by atoms with E-state index in [1.165, 1.54) is 6.33 Å². The molecule has 226 valence electrons. The number of aliphatic hydroxyl groups is 1. The topological polar surface area (TPSA) is 120 Å². The van der Waals surface area contributed by atoms with Crippen molar-refractivity contribution in [2.75, 3.05) is 43.9 Å². The van der Waals surface area contributed by atoms with Crippen LogP contribution in [-0.2, 0) is 10.3 Å². The van der Waals surface area contributed by atoms with E-state index < -0.39 is 29.4 Å². The highest BCUT2D eigenvalue weighted by Gasteiger charge is 2.45. The minimum Gasteiger partial charge on any atom is -0.391 e. The van der Waals surface area contributed by atoms with E-state index >= 15 is 4.39 Å². The molecule has 5 atom stereocenters. The predicted molar refractivity (Wildman–Crippen MR) is 165 cm³/mol. The number of carbonyl (C=O) groups excluding carboxylic acids is 1. The Labute approximate surface area is 256 Å². The van der Waals surface area contributed by atoms with Gasteiger partial charge in [-0.15, -0.1) is 0 Å². The second-order valence-electron chi connectivity index (χ2n) is 10.9. The zero-order valence-corrected chi connectivity index (χ0v) is 25.7. The summed E-state index contributed by atoms with van der Waals surface area (Å²) in [6.07, 6.45) is 1.05. The van der Waals surface area contributed by atoms with Crippen molar-refractivity contribution in [3.05, 3.63) is 81.8 Å². The van der Waals surface area contributed by atoms with Crippen molar-refractivity contribution in [3.8, 4) is 0 Å². The van der Waals surface area contributed by atoms with E-state index in [1.807, 2.05) is 55.1 Å². The van der Waals surface area contributed by atoms with Gasteiger partial charge in [0.05, 0.1) is 17.7 Å². The van der Waals surface area contributed by atoms with Gasteiger partial charge in [0, 0.05) is 36.1 Å². The first-order valence-corrected chi connectivity index (χ1v) is 14.6. The smallest absolute Gasteiger partial charge is 0.237 e. The largest absolute Gasteiger partial charge is 0.391 e. The van der Waals surface area contributed by atoms with Crippen LogP contribution in [0, 0.1) is 11.7 Å². The van der Waals surface area contributed by atoms with Gasteiger partial charge >= 0.3 is 0 Å². The fourth-order valence-electron chi connectivity index (χ4n) is 5.77. The van der Waals surface area contributed by atoms with Crippen LogP contribution in [-0.4, -0.2) is 71.8 Å². The molecule has 2 aromatic carbocycles. The summed E-state index contributed by atoms with van der Waals surface area (Å²) in [5, 5.41) is 18.5. The Hall–Kier alpha value is -3.02. The Morgan fingerprint density at radius 1 is 1.21 bits per heavy atom. The number of nitrogens with one attached hydrogen (secondary N) is 2. The molecule has 0 aliphatic carbocycles. The predicted octanol–water partition coefficient (Wildman–Crippen LogP) is 4.20. The second kappa shape index (κ2) is 13.5. The highest BCUT2D eigenvalue weighted by Crippen LogP contribution is 2.35. The number of hydrogen-bond acceptors (Lipinski definition) is 8. The third kappa shape index (κ3) is 6.48. The van der Waals surface area contributed by atoms with Crippen LogP contribution in [0.3, 0.4) is 0 Å². The molecule has 5 N–H and O–H groups in total. The number of benzene rings is 2. The molecule has 4 rings (SSSR count). The van der Waals surface area contributed by atoms with Gasteiger partial charge in [0.15, 0.2) is 11.6 Å². The van der Waals surface area contributed by atoms with Crippen LogP contribution < -0.4 is 21.3 Å². The summed E-state index contributed by atoms with van der Waals surface area (Å²) in [5.41, 5.74) is 6.61. The van der Waals surface area contributed by atoms with Crippen LogP contribution in [0.25, 0.3) is 0 Å². The molecule has 0 spiro atoms. The maximum atomic E-state index is 15.6. The average molecular weight is 619 g/mol. The van der Waals surface area contributed by atoms with Gasteiger partial charge in [-0.1, -0.05) is 59.6 Å². The molecule has 12 heteroatoms. The van der Waals surface area contributed by atoms with Crippen molar-refractivity contribution in [3.63, 3.8) is 0 Å². The number of hydrogen-bond donors (Lipinski definition) is 4. The number of β-amino-alcohol motifs (C(OH)–C–C–N with tert-alkyl or cyclic N) is 1. The molecule has 0 saturated carbocycles. The van der Waals surface area contributed by atoms with Crippen molar-refractivity contribution in [1.29, 1.82) is 0 Å². The second-order valence-corrected chi connectivity index (χ2v) is 11.7. The van der Waals surface area contributed by atoms with E-state index in [1.54, 1.807) is 31.1 Å². The van der Waals surface area contributed by atoms with Crippen molar-refractivity contribution < 1.29 is 14.3 Å². The number of piperidine rings is 1. The van der Waals surface area contributed by atoms with Crippen LogP contribution in [0.15, 0.2) is 54.9 Å². The number of primary amides is 1. The molecule has 1 fully saturated rings. The van der Waals surface area contributed by atoms with E-state index in [-0.39, 0.29) is 36.7 Å². The van der Waals surface area contributed by atoms with E-state index in [4.69, 9.17) is 28.9 Å². The third-order valence-electron chi connectivity index (χ3n) is 8.46. The number of rotatable bonds is 11. The van der Waals surface area contributed by atoms with Crippen molar-refractivity contribution in [1.82, 2.24) is 20.2 Å². The number of aromatic nitrogens is 2. The molecular weight excluding hydrogens is 580 g/mol. The highest BCUT2D eigenvalue weighted by molar-refractivity contribution is 6.31. The number of likely N-dealkylation sites (N-methyl/N-ethyl adjacent to an activating group) is 1. The molecular formula is C30H38Cl2FN7O2. The van der Waals surface area contributed by atoms with E-state index in [0.717, 1.165) is 11.1 Å². The third-order valence-corrected chi connectivity index (χ3v) is 9.13. The fourth-order valence-corrected chi connectivity index (χ4v) is 6.40. The maximum Gasteiger partial charge on any atom is 0.237 e. The Bertz CT molecular complexity index is 1400. The molecule has 1 amide bonds. The quantitative estimate of drug-likeness (QED) is 0.253. The molecule has 42 heavy (non-hydrogen) atoms. The summed E-state index contributed by atoms with van der Waals surface area (Å²) < 4.78 is 15.6. The lowest BCUT2D eigenvalue weighted by molar-refractivity contribution is -0.128. The summed E-state index contributed by atoms with van der Waals surface area (Å²) in [7, 11) is 3.50. The SMILES string of the molecule is CNC(C)(c1ccccc1Cl)C(C(N)=O)N1CC[C@H](CNc2ncnc(N(C)C(C)c3ccccc3Cl)c2F)[C@@H](O)C1. The minimum atomic E-state index is -0.900. The first kappa shape index (κ1) is 31.9. The van der Waals surface area contributed by atoms with E-state index in [2.05, 4.69) is 20.6 Å². The van der Waals surface area contributed by atoms with Crippen LogP contribution in [0.1, 0.15) is 37.4 Å². The normalized spacial score (nSPS) is 20.4.